The fourth-order valence-corrected chi connectivity index (χ4v) is 1.80. The number of hydrogen-bond donors (Lipinski definition) is 0. The summed E-state index contributed by atoms with van der Waals surface area (Å²) in [6.45, 7) is 6.11. The average Bonchev–Trinajstić information content (AvgIpc) is 2.78. The molecule has 0 saturated heterocycles. The van der Waals surface area contributed by atoms with Crippen LogP contribution in [0.4, 0.5) is 4.79 Å². The number of hydrogen-bond acceptors (Lipinski definition) is 6. The molecule has 7 heteroatoms. The number of carbonyl (C=O) groups excluding carboxylic acids is 2. The minimum atomic E-state index is -0.594. The number of esters is 1. The van der Waals surface area contributed by atoms with E-state index in [2.05, 4.69) is 14.7 Å². The lowest BCUT2D eigenvalue weighted by Crippen LogP contribution is -2.33. The predicted molar refractivity (Wildman–Crippen MR) is 68.9 cm³/mol. The Morgan fingerprint density at radius 1 is 1.30 bits per heavy atom. The maximum atomic E-state index is 12.0. The van der Waals surface area contributed by atoms with E-state index in [1.165, 1.54) is 12.0 Å². The van der Waals surface area contributed by atoms with Gasteiger partial charge in [0.1, 0.15) is 5.60 Å². The molecule has 0 aliphatic carbocycles. The highest BCUT2D eigenvalue weighted by Gasteiger charge is 2.29. The van der Waals surface area contributed by atoms with E-state index >= 15 is 0 Å². The molecule has 0 spiro atoms. The highest BCUT2D eigenvalue weighted by Crippen LogP contribution is 2.22. The first-order valence-electron chi connectivity index (χ1n) is 6.21. The Kier molecular flexibility index (Phi) is 3.61. The maximum absolute atomic E-state index is 12.0. The Balaban J connectivity index is 2.11. The lowest BCUT2D eigenvalue weighted by molar-refractivity contribution is 0.0240. The Morgan fingerprint density at radius 3 is 2.60 bits per heavy atom. The van der Waals surface area contributed by atoms with Gasteiger partial charge in [0.2, 0.25) is 5.82 Å². The maximum Gasteiger partial charge on any atom is 0.410 e. The molecule has 0 aromatic carbocycles. The minimum absolute atomic E-state index is 0.00251. The molecular formula is C13H17N3O4. The van der Waals surface area contributed by atoms with Gasteiger partial charge in [-0.25, -0.2) is 19.6 Å². The van der Waals surface area contributed by atoms with Crippen molar-refractivity contribution in [2.24, 2.45) is 0 Å². The second-order valence-electron chi connectivity index (χ2n) is 5.49. The number of aromatic nitrogens is 2. The molecule has 1 aromatic rings. The molecule has 1 amide bonds. The van der Waals surface area contributed by atoms with Crippen LogP contribution in [0.3, 0.4) is 0 Å². The van der Waals surface area contributed by atoms with Crippen LogP contribution in [0.25, 0.3) is 0 Å². The van der Waals surface area contributed by atoms with Gasteiger partial charge < -0.3 is 9.47 Å². The zero-order valence-electron chi connectivity index (χ0n) is 12.0. The lowest BCUT2D eigenvalue weighted by atomic mass is 10.2. The van der Waals surface area contributed by atoms with Gasteiger partial charge in [0, 0.05) is 11.8 Å². The first-order valence-corrected chi connectivity index (χ1v) is 6.21. The summed E-state index contributed by atoms with van der Waals surface area (Å²) in [6.07, 6.45) is 1.13. The molecule has 2 heterocycles. The summed E-state index contributed by atoms with van der Waals surface area (Å²) >= 11 is 0. The number of fused-ring (bicyclic) bond motifs is 1. The monoisotopic (exact) mass is 279 g/mol. The van der Waals surface area contributed by atoms with Gasteiger partial charge in [-0.05, 0) is 20.8 Å². The summed E-state index contributed by atoms with van der Waals surface area (Å²) in [5, 5.41) is 0. The minimum Gasteiger partial charge on any atom is -0.463 e. The number of amides is 1. The molecule has 0 unspecified atom stereocenters. The third kappa shape index (κ3) is 3.04. The topological polar surface area (TPSA) is 81.6 Å². The zero-order valence-corrected chi connectivity index (χ0v) is 12.0. The van der Waals surface area contributed by atoms with Crippen LogP contribution in [-0.2, 0) is 22.6 Å². The number of nitrogens with zero attached hydrogens (tertiary/aromatic N) is 3. The van der Waals surface area contributed by atoms with E-state index in [1.54, 1.807) is 6.20 Å². The van der Waals surface area contributed by atoms with Crippen LogP contribution in [0.15, 0.2) is 6.20 Å². The smallest absolute Gasteiger partial charge is 0.410 e. The van der Waals surface area contributed by atoms with Crippen molar-refractivity contribution >= 4 is 12.1 Å². The summed E-state index contributed by atoms with van der Waals surface area (Å²) in [5.41, 5.74) is 0.907. The summed E-state index contributed by atoms with van der Waals surface area (Å²) in [6, 6.07) is 0. The normalized spacial score (nSPS) is 13.9. The van der Waals surface area contributed by atoms with Gasteiger partial charge in [0.25, 0.3) is 0 Å². The van der Waals surface area contributed by atoms with Crippen molar-refractivity contribution in [1.82, 2.24) is 14.9 Å². The van der Waals surface area contributed by atoms with Crippen molar-refractivity contribution < 1.29 is 19.1 Å². The van der Waals surface area contributed by atoms with Gasteiger partial charge in [0.05, 0.1) is 25.9 Å². The average molecular weight is 279 g/mol. The zero-order chi connectivity index (χ0) is 14.9. The number of rotatable bonds is 1. The Morgan fingerprint density at radius 2 is 2.00 bits per heavy atom. The summed E-state index contributed by atoms with van der Waals surface area (Å²) in [7, 11) is 1.27. The predicted octanol–water partition coefficient (Wildman–Crippen LogP) is 1.51. The van der Waals surface area contributed by atoms with Gasteiger partial charge in [-0.1, -0.05) is 0 Å². The molecule has 0 saturated carbocycles. The molecule has 7 nitrogen and oxygen atoms in total. The van der Waals surface area contributed by atoms with Crippen molar-refractivity contribution in [3.8, 4) is 0 Å². The highest BCUT2D eigenvalue weighted by atomic mass is 16.6. The fraction of sp³-hybridized carbons (Fsp3) is 0.538. The van der Waals surface area contributed by atoms with Crippen LogP contribution in [0.2, 0.25) is 0 Å². The van der Waals surface area contributed by atoms with Gasteiger partial charge >= 0.3 is 12.1 Å². The van der Waals surface area contributed by atoms with Gasteiger partial charge in [-0.3, -0.25) is 4.90 Å². The summed E-state index contributed by atoms with van der Waals surface area (Å²) in [5.74, 6) is -0.596. The Labute approximate surface area is 116 Å². The molecule has 0 N–H and O–H groups in total. The third-order valence-corrected chi connectivity index (χ3v) is 2.68. The molecule has 2 rings (SSSR count). The first kappa shape index (κ1) is 14.2. The van der Waals surface area contributed by atoms with E-state index in [9.17, 15) is 9.59 Å². The third-order valence-electron chi connectivity index (χ3n) is 2.68. The molecule has 0 bridgehead atoms. The van der Waals surface area contributed by atoms with Crippen LogP contribution < -0.4 is 0 Å². The van der Waals surface area contributed by atoms with Crippen LogP contribution in [0.1, 0.15) is 42.6 Å². The Hall–Kier alpha value is -2.18. The van der Waals surface area contributed by atoms with E-state index in [1.807, 2.05) is 20.8 Å². The molecule has 0 radical (unpaired) electrons. The second kappa shape index (κ2) is 5.07. The van der Waals surface area contributed by atoms with Crippen molar-refractivity contribution in [2.45, 2.75) is 39.5 Å². The molecular weight excluding hydrogens is 262 g/mol. The molecule has 0 fully saturated rings. The van der Waals surface area contributed by atoms with E-state index in [0.29, 0.717) is 18.8 Å². The highest BCUT2D eigenvalue weighted by molar-refractivity contribution is 5.85. The molecule has 0 atom stereocenters. The number of methoxy groups -OCH3 is 1. The van der Waals surface area contributed by atoms with Crippen molar-refractivity contribution in [1.29, 1.82) is 0 Å². The van der Waals surface area contributed by atoms with E-state index in [0.717, 1.165) is 5.56 Å². The molecule has 108 valence electrons. The standard InChI is InChI=1S/C13H17N3O4/c1-13(2,3)20-12(18)16-6-8-5-14-10(11(17)19-4)15-9(8)7-16/h5H,6-7H2,1-4H3. The van der Waals surface area contributed by atoms with Crippen LogP contribution >= 0.6 is 0 Å². The van der Waals surface area contributed by atoms with Crippen LogP contribution in [-0.4, -0.2) is 39.6 Å². The van der Waals surface area contributed by atoms with Crippen molar-refractivity contribution in [3.05, 3.63) is 23.3 Å². The van der Waals surface area contributed by atoms with Crippen molar-refractivity contribution in [3.63, 3.8) is 0 Å². The SMILES string of the molecule is COC(=O)c1ncc2c(n1)CN(C(=O)OC(C)(C)C)C2. The van der Waals surface area contributed by atoms with Crippen LogP contribution in [0.5, 0.6) is 0 Å². The van der Waals surface area contributed by atoms with Crippen LogP contribution in [0, 0.1) is 0 Å². The molecule has 1 aliphatic rings. The summed E-state index contributed by atoms with van der Waals surface area (Å²) < 4.78 is 9.87. The quantitative estimate of drug-likeness (QED) is 0.725. The van der Waals surface area contributed by atoms with E-state index < -0.39 is 17.7 Å². The first-order chi connectivity index (χ1) is 9.30. The fourth-order valence-electron chi connectivity index (χ4n) is 1.80. The molecule has 20 heavy (non-hydrogen) atoms. The van der Waals surface area contributed by atoms with Gasteiger partial charge in [-0.2, -0.15) is 0 Å². The molecule has 1 aromatic heterocycles. The van der Waals surface area contributed by atoms with E-state index in [4.69, 9.17) is 4.74 Å². The molecule has 1 aliphatic heterocycles. The second-order valence-corrected chi connectivity index (χ2v) is 5.49. The van der Waals surface area contributed by atoms with Gasteiger partial charge in [0.15, 0.2) is 0 Å². The van der Waals surface area contributed by atoms with Gasteiger partial charge in [-0.15, -0.1) is 0 Å². The Bertz CT molecular complexity index is 551. The van der Waals surface area contributed by atoms with E-state index in [-0.39, 0.29) is 5.82 Å². The summed E-state index contributed by atoms with van der Waals surface area (Å²) in [4.78, 5) is 32.9. The van der Waals surface area contributed by atoms with Crippen molar-refractivity contribution in [2.75, 3.05) is 7.11 Å². The number of carbonyl (C=O) groups is 2. The lowest BCUT2D eigenvalue weighted by Gasteiger charge is -2.23. The largest absolute Gasteiger partial charge is 0.463 e. The number of ether oxygens (including phenoxy) is 2.